The summed E-state index contributed by atoms with van der Waals surface area (Å²) in [5.41, 5.74) is 4.25. The van der Waals surface area contributed by atoms with Gasteiger partial charge in [0.15, 0.2) is 18.0 Å². The molecule has 2 amide bonds. The molecule has 1 unspecified atom stereocenters. The van der Waals surface area contributed by atoms with Crippen molar-refractivity contribution in [1.82, 2.24) is 5.32 Å². The van der Waals surface area contributed by atoms with Crippen LogP contribution in [0.5, 0.6) is 11.5 Å². The summed E-state index contributed by atoms with van der Waals surface area (Å²) in [6, 6.07) is 11.7. The number of rotatable bonds is 8. The number of carbonyl (C=O) groups excluding carboxylic acids is 2. The SMILES string of the molecule is CCc1ccccc1NC(=O)CNC(=O)C[NH+]1CCc2cc(OC)c(OC)cc2C1. The zero-order valence-corrected chi connectivity index (χ0v) is 17.8. The van der Waals surface area contributed by atoms with Crippen LogP contribution in [0.25, 0.3) is 0 Å². The summed E-state index contributed by atoms with van der Waals surface area (Å²) >= 11 is 0. The number of methoxy groups -OCH3 is 2. The number of carbonyl (C=O) groups is 2. The molecule has 30 heavy (non-hydrogen) atoms. The molecule has 0 aliphatic carbocycles. The lowest BCUT2D eigenvalue weighted by Crippen LogP contribution is -3.12. The van der Waals surface area contributed by atoms with E-state index < -0.39 is 0 Å². The number of amides is 2. The van der Waals surface area contributed by atoms with Crippen LogP contribution in [0.15, 0.2) is 36.4 Å². The van der Waals surface area contributed by atoms with Crippen molar-refractivity contribution in [3.05, 3.63) is 53.1 Å². The van der Waals surface area contributed by atoms with Crippen LogP contribution in [0.1, 0.15) is 23.6 Å². The normalized spacial score (nSPS) is 15.1. The first-order valence-corrected chi connectivity index (χ1v) is 10.3. The van der Waals surface area contributed by atoms with Crippen molar-refractivity contribution in [2.75, 3.05) is 39.2 Å². The highest BCUT2D eigenvalue weighted by Gasteiger charge is 2.24. The Bertz CT molecular complexity index is 913. The molecule has 2 aromatic carbocycles. The molecule has 3 N–H and O–H groups in total. The van der Waals surface area contributed by atoms with Gasteiger partial charge in [-0.05, 0) is 35.7 Å². The predicted octanol–water partition coefficient (Wildman–Crippen LogP) is 0.962. The standard InChI is InChI=1S/C23H29N3O4/c1-4-16-7-5-6-8-19(16)25-22(27)13-24-23(28)15-26-10-9-17-11-20(29-2)21(30-3)12-18(17)14-26/h5-8,11-12H,4,9-10,13-15H2,1-3H3,(H,24,28)(H,25,27)/p+1. The fourth-order valence-corrected chi connectivity index (χ4v) is 3.79. The molecule has 1 heterocycles. The molecule has 0 fully saturated rings. The summed E-state index contributed by atoms with van der Waals surface area (Å²) in [5.74, 6) is 1.08. The Morgan fingerprint density at radius 3 is 2.43 bits per heavy atom. The smallest absolute Gasteiger partial charge is 0.275 e. The summed E-state index contributed by atoms with van der Waals surface area (Å²) in [5, 5.41) is 5.61. The zero-order valence-electron chi connectivity index (χ0n) is 17.8. The van der Waals surface area contributed by atoms with Crippen LogP contribution >= 0.6 is 0 Å². The summed E-state index contributed by atoms with van der Waals surface area (Å²) in [4.78, 5) is 25.7. The van der Waals surface area contributed by atoms with E-state index >= 15 is 0 Å². The monoisotopic (exact) mass is 412 g/mol. The lowest BCUT2D eigenvalue weighted by molar-refractivity contribution is -0.908. The van der Waals surface area contributed by atoms with Crippen molar-refractivity contribution in [1.29, 1.82) is 0 Å². The number of quaternary nitrogens is 1. The molecule has 7 nitrogen and oxygen atoms in total. The fourth-order valence-electron chi connectivity index (χ4n) is 3.79. The maximum absolute atomic E-state index is 12.4. The molecular formula is C23H30N3O4+. The molecule has 1 aliphatic rings. The Morgan fingerprint density at radius 1 is 1.03 bits per heavy atom. The van der Waals surface area contributed by atoms with Crippen molar-refractivity contribution in [2.45, 2.75) is 26.3 Å². The highest BCUT2D eigenvalue weighted by Crippen LogP contribution is 2.31. The maximum Gasteiger partial charge on any atom is 0.275 e. The Balaban J connectivity index is 1.50. The van der Waals surface area contributed by atoms with Crippen LogP contribution in [0, 0.1) is 0 Å². The van der Waals surface area contributed by atoms with Crippen LogP contribution in [-0.4, -0.2) is 45.7 Å². The van der Waals surface area contributed by atoms with Gasteiger partial charge in [0.05, 0.1) is 27.3 Å². The third kappa shape index (κ3) is 5.30. The molecule has 160 valence electrons. The Labute approximate surface area is 177 Å². The lowest BCUT2D eigenvalue weighted by atomic mass is 9.99. The molecule has 0 spiro atoms. The van der Waals surface area contributed by atoms with E-state index in [0.29, 0.717) is 12.3 Å². The second-order valence-corrected chi connectivity index (χ2v) is 7.42. The molecule has 2 aromatic rings. The summed E-state index contributed by atoms with van der Waals surface area (Å²) in [6.45, 7) is 3.92. The number of hydrogen-bond donors (Lipinski definition) is 3. The van der Waals surface area contributed by atoms with E-state index in [9.17, 15) is 9.59 Å². The van der Waals surface area contributed by atoms with Gasteiger partial charge in [-0.1, -0.05) is 25.1 Å². The molecule has 0 aromatic heterocycles. The number of fused-ring (bicyclic) bond motifs is 1. The second kappa shape index (κ2) is 10.1. The minimum Gasteiger partial charge on any atom is -0.493 e. The number of hydrogen-bond acceptors (Lipinski definition) is 4. The average Bonchev–Trinajstić information content (AvgIpc) is 2.77. The van der Waals surface area contributed by atoms with Gasteiger partial charge < -0.3 is 25.0 Å². The van der Waals surface area contributed by atoms with Crippen molar-refractivity contribution in [3.63, 3.8) is 0 Å². The fraction of sp³-hybridized carbons (Fsp3) is 0.391. The Hall–Kier alpha value is -3.06. The van der Waals surface area contributed by atoms with Crippen LogP contribution < -0.4 is 25.0 Å². The molecule has 0 radical (unpaired) electrons. The summed E-state index contributed by atoms with van der Waals surface area (Å²) < 4.78 is 10.8. The maximum atomic E-state index is 12.4. The molecule has 3 rings (SSSR count). The van der Waals surface area contributed by atoms with Gasteiger partial charge in [-0.15, -0.1) is 0 Å². The summed E-state index contributed by atoms with van der Waals surface area (Å²) in [7, 11) is 3.25. The molecule has 7 heteroatoms. The molecule has 0 saturated carbocycles. The lowest BCUT2D eigenvalue weighted by Gasteiger charge is -2.26. The molecule has 0 bridgehead atoms. The first-order chi connectivity index (χ1) is 14.5. The van der Waals surface area contributed by atoms with E-state index in [1.807, 2.05) is 43.3 Å². The van der Waals surface area contributed by atoms with Crippen LogP contribution in [0.3, 0.4) is 0 Å². The quantitative estimate of drug-likeness (QED) is 0.603. The molecule has 1 aliphatic heterocycles. The first kappa shape index (κ1) is 21.6. The average molecular weight is 413 g/mol. The second-order valence-electron chi connectivity index (χ2n) is 7.42. The minimum absolute atomic E-state index is 0.0359. The third-order valence-electron chi connectivity index (χ3n) is 5.42. The van der Waals surface area contributed by atoms with Gasteiger partial charge >= 0.3 is 0 Å². The van der Waals surface area contributed by atoms with Gasteiger partial charge in [0, 0.05) is 17.7 Å². The van der Waals surface area contributed by atoms with E-state index in [0.717, 1.165) is 53.4 Å². The van der Waals surface area contributed by atoms with Crippen molar-refractivity contribution in [2.24, 2.45) is 0 Å². The van der Waals surface area contributed by atoms with Crippen LogP contribution in [0.4, 0.5) is 5.69 Å². The van der Waals surface area contributed by atoms with Crippen molar-refractivity contribution < 1.29 is 24.0 Å². The van der Waals surface area contributed by atoms with Crippen LogP contribution in [-0.2, 0) is 29.0 Å². The number of ether oxygens (including phenoxy) is 2. The number of benzene rings is 2. The van der Waals surface area contributed by atoms with Crippen molar-refractivity contribution in [3.8, 4) is 11.5 Å². The van der Waals surface area contributed by atoms with E-state index in [2.05, 4.69) is 10.6 Å². The topological polar surface area (TPSA) is 81.1 Å². The van der Waals surface area contributed by atoms with Crippen molar-refractivity contribution >= 4 is 17.5 Å². The Kier molecular flexibility index (Phi) is 7.30. The van der Waals surface area contributed by atoms with Gasteiger partial charge in [-0.3, -0.25) is 9.59 Å². The predicted molar refractivity (Wildman–Crippen MR) is 115 cm³/mol. The van der Waals surface area contributed by atoms with Gasteiger partial charge in [0.1, 0.15) is 6.54 Å². The van der Waals surface area contributed by atoms with E-state index in [4.69, 9.17) is 9.47 Å². The summed E-state index contributed by atoms with van der Waals surface area (Å²) in [6.07, 6.45) is 1.70. The number of aryl methyl sites for hydroxylation is 1. The number of anilines is 1. The minimum atomic E-state index is -0.222. The molecule has 0 saturated heterocycles. The molecular weight excluding hydrogens is 382 g/mol. The van der Waals surface area contributed by atoms with Crippen LogP contribution in [0.2, 0.25) is 0 Å². The van der Waals surface area contributed by atoms with E-state index in [1.54, 1.807) is 14.2 Å². The first-order valence-electron chi connectivity index (χ1n) is 10.3. The molecule has 1 atom stereocenters. The zero-order chi connectivity index (χ0) is 21.5. The number of nitrogens with one attached hydrogen (secondary N) is 3. The third-order valence-corrected chi connectivity index (χ3v) is 5.42. The highest BCUT2D eigenvalue weighted by molar-refractivity contribution is 5.95. The van der Waals surface area contributed by atoms with Gasteiger partial charge in [0.2, 0.25) is 5.91 Å². The largest absolute Gasteiger partial charge is 0.493 e. The van der Waals surface area contributed by atoms with Gasteiger partial charge in [-0.2, -0.15) is 0 Å². The van der Waals surface area contributed by atoms with E-state index in [1.165, 1.54) is 5.56 Å². The van der Waals surface area contributed by atoms with Gasteiger partial charge in [-0.25, -0.2) is 0 Å². The van der Waals surface area contributed by atoms with E-state index in [-0.39, 0.29) is 18.4 Å². The highest BCUT2D eigenvalue weighted by atomic mass is 16.5. The number of para-hydroxylation sites is 1. The van der Waals surface area contributed by atoms with Gasteiger partial charge in [0.25, 0.3) is 5.91 Å². The Morgan fingerprint density at radius 2 is 1.73 bits per heavy atom.